The van der Waals surface area contributed by atoms with Crippen LogP contribution in [-0.2, 0) is 4.79 Å². The zero-order chi connectivity index (χ0) is 28.8. The number of nitrogens with one attached hydrogen (secondary N) is 2. The molecule has 0 radical (unpaired) electrons. The first-order valence-corrected chi connectivity index (χ1v) is 13.8. The van der Waals surface area contributed by atoms with E-state index in [1.165, 1.54) is 31.3 Å². The molecule has 2 amide bonds. The van der Waals surface area contributed by atoms with Crippen molar-refractivity contribution in [3.05, 3.63) is 102 Å². The van der Waals surface area contributed by atoms with Gasteiger partial charge in [0.1, 0.15) is 17.6 Å². The van der Waals surface area contributed by atoms with Crippen molar-refractivity contribution in [2.45, 2.75) is 44.2 Å². The number of ether oxygens (including phenoxy) is 2. The first kappa shape index (κ1) is 28.0. The minimum absolute atomic E-state index is 0.0109. The maximum Gasteiger partial charge on any atom is 0.275 e. The van der Waals surface area contributed by atoms with Crippen LogP contribution in [0.5, 0.6) is 11.5 Å². The Hall–Kier alpha value is -4.59. The largest absolute Gasteiger partial charge is 0.493 e. The number of aromatic nitrogens is 1. The third-order valence-electron chi connectivity index (χ3n) is 7.51. The summed E-state index contributed by atoms with van der Waals surface area (Å²) in [5.41, 5.74) is 2.91. The van der Waals surface area contributed by atoms with E-state index < -0.39 is 17.8 Å². The number of rotatable bonds is 9. The van der Waals surface area contributed by atoms with Gasteiger partial charge in [-0.05, 0) is 60.4 Å². The number of aromatic amines is 1. The third kappa shape index (κ3) is 6.27. The first-order valence-electron chi connectivity index (χ1n) is 13.8. The number of hydrogen-bond donors (Lipinski definition) is 2. The predicted molar refractivity (Wildman–Crippen MR) is 157 cm³/mol. The Bertz CT molecular complexity index is 1480. The van der Waals surface area contributed by atoms with Gasteiger partial charge in [-0.25, -0.2) is 4.39 Å². The summed E-state index contributed by atoms with van der Waals surface area (Å²) in [6.45, 7) is 0. The smallest absolute Gasteiger partial charge is 0.275 e. The van der Waals surface area contributed by atoms with Gasteiger partial charge in [0.2, 0.25) is 5.91 Å². The number of nitrogens with zero attached hydrogens (tertiary/aromatic N) is 1. The number of benzene rings is 3. The topological polar surface area (TPSA) is 83.7 Å². The van der Waals surface area contributed by atoms with Gasteiger partial charge in [-0.15, -0.1) is 0 Å². The maximum atomic E-state index is 14.4. The molecule has 0 saturated heterocycles. The standard InChI is InChI=1S/C33H34FN3O4/c1-40-29-20-17-26(21-30(29)41-2)37(33(39)28-19-18-27(36-28)22-9-5-3-6-10-22)31(23-13-15-24(34)16-14-23)32(38)35-25-11-7-4-8-12-25/h3,5-6,9-10,13-21,25,31,36H,4,7-8,11-12H2,1-2H3,(H,35,38). The molecule has 3 aromatic carbocycles. The third-order valence-corrected chi connectivity index (χ3v) is 7.51. The van der Waals surface area contributed by atoms with Crippen molar-refractivity contribution < 1.29 is 23.5 Å². The van der Waals surface area contributed by atoms with Crippen molar-refractivity contribution in [3.63, 3.8) is 0 Å². The van der Waals surface area contributed by atoms with Crippen LogP contribution < -0.4 is 19.7 Å². The van der Waals surface area contributed by atoms with Crippen LogP contribution in [0.4, 0.5) is 10.1 Å². The monoisotopic (exact) mass is 555 g/mol. The molecule has 41 heavy (non-hydrogen) atoms. The SMILES string of the molecule is COc1ccc(N(C(=O)c2ccc(-c3ccccc3)[nH]2)C(C(=O)NC2CCCCC2)c2ccc(F)cc2)cc1OC. The lowest BCUT2D eigenvalue weighted by atomic mass is 9.94. The number of methoxy groups -OCH3 is 2. The van der Waals surface area contributed by atoms with Gasteiger partial charge < -0.3 is 19.8 Å². The molecule has 2 N–H and O–H groups in total. The summed E-state index contributed by atoms with van der Waals surface area (Å²) >= 11 is 0. The summed E-state index contributed by atoms with van der Waals surface area (Å²) in [6, 6.07) is 22.9. The summed E-state index contributed by atoms with van der Waals surface area (Å²) in [5.74, 6) is -0.292. The van der Waals surface area contributed by atoms with Crippen LogP contribution in [0.3, 0.4) is 0 Å². The van der Waals surface area contributed by atoms with Crippen molar-refractivity contribution >= 4 is 17.5 Å². The highest BCUT2D eigenvalue weighted by Gasteiger charge is 2.35. The van der Waals surface area contributed by atoms with Crippen LogP contribution in [0.2, 0.25) is 0 Å². The highest BCUT2D eigenvalue weighted by atomic mass is 19.1. The fourth-order valence-electron chi connectivity index (χ4n) is 5.38. The van der Waals surface area contributed by atoms with Gasteiger partial charge in [0.15, 0.2) is 11.5 Å². The minimum Gasteiger partial charge on any atom is -0.493 e. The van der Waals surface area contributed by atoms with Crippen LogP contribution in [0.1, 0.15) is 54.2 Å². The second-order valence-electron chi connectivity index (χ2n) is 10.2. The molecule has 1 atom stereocenters. The highest BCUT2D eigenvalue weighted by Crippen LogP contribution is 2.37. The Morgan fingerprint density at radius 1 is 0.878 bits per heavy atom. The van der Waals surface area contributed by atoms with Gasteiger partial charge >= 0.3 is 0 Å². The molecule has 0 bridgehead atoms. The second kappa shape index (κ2) is 12.7. The molecule has 1 fully saturated rings. The van der Waals surface area contributed by atoms with Gasteiger partial charge in [0.25, 0.3) is 5.91 Å². The Balaban J connectivity index is 1.61. The average Bonchev–Trinajstić information content (AvgIpc) is 3.51. The number of carbonyl (C=O) groups is 2. The number of carbonyl (C=O) groups excluding carboxylic acids is 2. The van der Waals surface area contributed by atoms with Crippen LogP contribution >= 0.6 is 0 Å². The van der Waals surface area contributed by atoms with Gasteiger partial charge in [0, 0.05) is 23.5 Å². The number of halogens is 1. The fourth-order valence-corrected chi connectivity index (χ4v) is 5.38. The molecule has 0 aliphatic heterocycles. The maximum absolute atomic E-state index is 14.4. The number of H-pyrrole nitrogens is 1. The molecular weight excluding hydrogens is 521 g/mol. The van der Waals surface area contributed by atoms with Gasteiger partial charge in [-0.1, -0.05) is 61.7 Å². The highest BCUT2D eigenvalue weighted by molar-refractivity contribution is 6.09. The molecule has 8 heteroatoms. The number of anilines is 1. The van der Waals surface area contributed by atoms with E-state index in [4.69, 9.17) is 9.47 Å². The van der Waals surface area contributed by atoms with Gasteiger partial charge in [-0.2, -0.15) is 0 Å². The average molecular weight is 556 g/mol. The van der Waals surface area contributed by atoms with E-state index in [0.29, 0.717) is 28.4 Å². The molecule has 1 aromatic heterocycles. The lowest BCUT2D eigenvalue weighted by molar-refractivity contribution is -0.123. The minimum atomic E-state index is -1.08. The quantitative estimate of drug-likeness (QED) is 0.242. The Kier molecular flexibility index (Phi) is 8.67. The van der Waals surface area contributed by atoms with Crippen LogP contribution in [-0.4, -0.2) is 37.1 Å². The molecule has 0 spiro atoms. The van der Waals surface area contributed by atoms with E-state index in [1.54, 1.807) is 36.4 Å². The van der Waals surface area contributed by atoms with E-state index in [0.717, 1.165) is 43.4 Å². The van der Waals surface area contributed by atoms with Crippen molar-refractivity contribution in [1.82, 2.24) is 10.3 Å². The van der Waals surface area contributed by atoms with E-state index >= 15 is 0 Å². The van der Waals surface area contributed by atoms with Crippen molar-refractivity contribution in [3.8, 4) is 22.8 Å². The molecule has 1 unspecified atom stereocenters. The predicted octanol–water partition coefficient (Wildman–Crippen LogP) is 6.68. The van der Waals surface area contributed by atoms with Crippen LogP contribution in [0.25, 0.3) is 11.3 Å². The fraction of sp³-hybridized carbons (Fsp3) is 0.273. The molecule has 1 aliphatic carbocycles. The molecule has 212 valence electrons. The van der Waals surface area contributed by atoms with E-state index in [1.807, 2.05) is 36.4 Å². The zero-order valence-corrected chi connectivity index (χ0v) is 23.2. The molecular formula is C33H34FN3O4. The Morgan fingerprint density at radius 3 is 2.27 bits per heavy atom. The summed E-state index contributed by atoms with van der Waals surface area (Å²) in [7, 11) is 3.04. The van der Waals surface area contributed by atoms with Gasteiger partial charge in [0.05, 0.1) is 14.2 Å². The van der Waals surface area contributed by atoms with E-state index in [2.05, 4.69) is 10.3 Å². The van der Waals surface area contributed by atoms with Crippen molar-refractivity contribution in [2.24, 2.45) is 0 Å². The lowest BCUT2D eigenvalue weighted by Gasteiger charge is -2.33. The van der Waals surface area contributed by atoms with Gasteiger partial charge in [-0.3, -0.25) is 14.5 Å². The van der Waals surface area contributed by atoms with Crippen LogP contribution in [0, 0.1) is 5.82 Å². The second-order valence-corrected chi connectivity index (χ2v) is 10.2. The Labute approximate surface area is 239 Å². The normalized spacial score (nSPS) is 14.2. The van der Waals surface area contributed by atoms with Crippen LogP contribution in [0.15, 0.2) is 84.9 Å². The Morgan fingerprint density at radius 2 is 1.59 bits per heavy atom. The zero-order valence-electron chi connectivity index (χ0n) is 23.2. The molecule has 7 nitrogen and oxygen atoms in total. The first-order chi connectivity index (χ1) is 20.0. The molecule has 1 saturated carbocycles. The summed E-state index contributed by atoms with van der Waals surface area (Å²) < 4.78 is 25.0. The molecule has 4 aromatic rings. The summed E-state index contributed by atoms with van der Waals surface area (Å²) in [6.07, 6.45) is 4.97. The summed E-state index contributed by atoms with van der Waals surface area (Å²) in [5, 5.41) is 3.18. The molecule has 1 aliphatic rings. The lowest BCUT2D eigenvalue weighted by Crippen LogP contribution is -2.47. The van der Waals surface area contributed by atoms with Crippen molar-refractivity contribution in [2.75, 3.05) is 19.1 Å². The summed E-state index contributed by atoms with van der Waals surface area (Å²) in [4.78, 5) is 33.1. The van der Waals surface area contributed by atoms with E-state index in [-0.39, 0.29) is 11.9 Å². The molecule has 5 rings (SSSR count). The number of amides is 2. The number of hydrogen-bond acceptors (Lipinski definition) is 4. The van der Waals surface area contributed by atoms with Crippen molar-refractivity contribution in [1.29, 1.82) is 0 Å². The molecule has 1 heterocycles. The van der Waals surface area contributed by atoms with E-state index in [9.17, 15) is 14.0 Å².